The Bertz CT molecular complexity index is 1200. The summed E-state index contributed by atoms with van der Waals surface area (Å²) in [5.74, 6) is -0.534. The van der Waals surface area contributed by atoms with Gasteiger partial charge in [0.25, 0.3) is 15.9 Å². The van der Waals surface area contributed by atoms with Crippen molar-refractivity contribution >= 4 is 27.7 Å². The van der Waals surface area contributed by atoms with E-state index in [0.717, 1.165) is 16.3 Å². The highest BCUT2D eigenvalue weighted by molar-refractivity contribution is 7.90. The molecule has 1 atom stereocenters. The summed E-state index contributed by atoms with van der Waals surface area (Å²) in [6.07, 6.45) is 0.879. The summed E-state index contributed by atoms with van der Waals surface area (Å²) >= 11 is 0. The van der Waals surface area contributed by atoms with Crippen LogP contribution in [-0.4, -0.2) is 61.6 Å². The Morgan fingerprint density at radius 1 is 1.14 bits per heavy atom. The molecule has 1 aliphatic heterocycles. The molecule has 3 amide bonds. The average molecular weight is 502 g/mol. The molecule has 2 aromatic rings. The highest BCUT2D eigenvalue weighted by atomic mass is 32.2. The van der Waals surface area contributed by atoms with Gasteiger partial charge < -0.3 is 15.0 Å². The standard InChI is InChI=1S/C25H31N3O6S/c1-4-14-26-24(30)18(2)27(17-19-9-7-10-20(16-19)34-3)23(29)13-8-15-28-25(31)21-11-5-6-12-22(21)35(28,32)33/h5-7,9-12,16,18H,4,8,13-15,17H2,1-3H3,(H,26,30)/t18-/m1/s1. The highest BCUT2D eigenvalue weighted by Crippen LogP contribution is 2.30. The minimum Gasteiger partial charge on any atom is -0.497 e. The van der Waals surface area contributed by atoms with Gasteiger partial charge in [0, 0.05) is 26.1 Å². The summed E-state index contributed by atoms with van der Waals surface area (Å²) in [6.45, 7) is 4.16. The van der Waals surface area contributed by atoms with E-state index in [4.69, 9.17) is 4.74 Å². The number of hydrogen-bond acceptors (Lipinski definition) is 6. The van der Waals surface area contributed by atoms with Gasteiger partial charge in [0.05, 0.1) is 12.7 Å². The van der Waals surface area contributed by atoms with E-state index in [0.29, 0.717) is 12.3 Å². The Labute approximate surface area is 206 Å². The van der Waals surface area contributed by atoms with Gasteiger partial charge >= 0.3 is 0 Å². The van der Waals surface area contributed by atoms with E-state index in [1.54, 1.807) is 44.4 Å². The summed E-state index contributed by atoms with van der Waals surface area (Å²) in [5.41, 5.74) is 0.931. The summed E-state index contributed by atoms with van der Waals surface area (Å²) in [7, 11) is -2.38. The van der Waals surface area contributed by atoms with E-state index in [1.165, 1.54) is 17.0 Å². The monoisotopic (exact) mass is 501 g/mol. The number of ether oxygens (including phenoxy) is 1. The van der Waals surface area contributed by atoms with E-state index >= 15 is 0 Å². The van der Waals surface area contributed by atoms with Crippen LogP contribution in [0.1, 0.15) is 49.0 Å². The van der Waals surface area contributed by atoms with E-state index in [9.17, 15) is 22.8 Å². The first kappa shape index (κ1) is 26.2. The third kappa shape index (κ3) is 5.82. The Morgan fingerprint density at radius 2 is 1.89 bits per heavy atom. The molecule has 0 aromatic heterocycles. The first-order valence-corrected chi connectivity index (χ1v) is 13.0. The van der Waals surface area contributed by atoms with Crippen molar-refractivity contribution in [2.45, 2.75) is 50.6 Å². The second kappa shape index (κ2) is 11.4. The lowest BCUT2D eigenvalue weighted by atomic mass is 10.1. The predicted octanol–water partition coefficient (Wildman–Crippen LogP) is 2.56. The van der Waals surface area contributed by atoms with Crippen LogP contribution in [0.2, 0.25) is 0 Å². The van der Waals surface area contributed by atoms with Crippen LogP contribution in [0.5, 0.6) is 5.75 Å². The number of amides is 3. The largest absolute Gasteiger partial charge is 0.497 e. The van der Waals surface area contributed by atoms with E-state index < -0.39 is 22.0 Å². The maximum Gasteiger partial charge on any atom is 0.269 e. The zero-order valence-corrected chi connectivity index (χ0v) is 21.0. The number of rotatable bonds is 11. The Hall–Kier alpha value is -3.40. The number of carbonyl (C=O) groups is 3. The Balaban J connectivity index is 1.71. The average Bonchev–Trinajstić information content (AvgIpc) is 3.06. The molecule has 9 nitrogen and oxygen atoms in total. The zero-order chi connectivity index (χ0) is 25.6. The summed E-state index contributed by atoms with van der Waals surface area (Å²) < 4.78 is 31.6. The minimum atomic E-state index is -3.93. The fourth-order valence-corrected chi connectivity index (χ4v) is 5.52. The zero-order valence-electron chi connectivity index (χ0n) is 20.2. The van der Waals surface area contributed by atoms with Crippen molar-refractivity contribution in [3.63, 3.8) is 0 Å². The summed E-state index contributed by atoms with van der Waals surface area (Å²) in [6, 6.07) is 12.6. The number of carbonyl (C=O) groups excluding carboxylic acids is 3. The van der Waals surface area contributed by atoms with Crippen LogP contribution in [-0.2, 0) is 26.2 Å². The number of hydrogen-bond donors (Lipinski definition) is 1. The normalized spacial score (nSPS) is 14.8. The fraction of sp³-hybridized carbons (Fsp3) is 0.400. The molecular formula is C25H31N3O6S. The molecule has 1 aliphatic rings. The van der Waals surface area contributed by atoms with Crippen molar-refractivity contribution in [1.82, 2.24) is 14.5 Å². The van der Waals surface area contributed by atoms with Crippen LogP contribution < -0.4 is 10.1 Å². The van der Waals surface area contributed by atoms with Crippen molar-refractivity contribution in [3.8, 4) is 5.75 Å². The smallest absolute Gasteiger partial charge is 0.269 e. The lowest BCUT2D eigenvalue weighted by molar-refractivity contribution is -0.140. The van der Waals surface area contributed by atoms with Crippen molar-refractivity contribution in [2.75, 3.05) is 20.2 Å². The maximum atomic E-state index is 13.2. The van der Waals surface area contributed by atoms with Crippen LogP contribution in [0.4, 0.5) is 0 Å². The van der Waals surface area contributed by atoms with Crippen LogP contribution >= 0.6 is 0 Å². The number of sulfonamides is 1. The molecule has 10 heteroatoms. The fourth-order valence-electron chi connectivity index (χ4n) is 3.92. The second-order valence-corrected chi connectivity index (χ2v) is 10.2. The van der Waals surface area contributed by atoms with Gasteiger partial charge in [0.2, 0.25) is 11.8 Å². The van der Waals surface area contributed by atoms with E-state index in [-0.39, 0.29) is 48.2 Å². The third-order valence-corrected chi connectivity index (χ3v) is 7.71. The second-order valence-electron chi connectivity index (χ2n) is 8.32. The highest BCUT2D eigenvalue weighted by Gasteiger charge is 2.40. The molecule has 188 valence electrons. The molecule has 0 fully saturated rings. The van der Waals surface area contributed by atoms with E-state index in [2.05, 4.69) is 5.32 Å². The quantitative estimate of drug-likeness (QED) is 0.506. The van der Waals surface area contributed by atoms with Gasteiger partial charge in [-0.05, 0) is 49.6 Å². The molecule has 1 heterocycles. The number of benzene rings is 2. The number of nitrogens with one attached hydrogen (secondary N) is 1. The molecule has 0 spiro atoms. The van der Waals surface area contributed by atoms with Crippen molar-refractivity contribution < 1.29 is 27.5 Å². The summed E-state index contributed by atoms with van der Waals surface area (Å²) in [5, 5.41) is 2.81. The molecule has 0 unspecified atom stereocenters. The third-order valence-electron chi connectivity index (χ3n) is 5.87. The molecule has 0 aliphatic carbocycles. The number of nitrogens with zero attached hydrogens (tertiary/aromatic N) is 2. The van der Waals surface area contributed by atoms with Crippen molar-refractivity contribution in [3.05, 3.63) is 59.7 Å². The molecule has 3 rings (SSSR count). The van der Waals surface area contributed by atoms with Gasteiger partial charge in [-0.2, -0.15) is 0 Å². The van der Waals surface area contributed by atoms with Crippen molar-refractivity contribution in [2.24, 2.45) is 0 Å². The number of fused-ring (bicyclic) bond motifs is 1. The first-order valence-electron chi connectivity index (χ1n) is 11.6. The van der Waals surface area contributed by atoms with Gasteiger partial charge in [-0.3, -0.25) is 14.4 Å². The Morgan fingerprint density at radius 3 is 2.57 bits per heavy atom. The topological polar surface area (TPSA) is 113 Å². The van der Waals surface area contributed by atoms with Crippen LogP contribution in [0.25, 0.3) is 0 Å². The van der Waals surface area contributed by atoms with Gasteiger partial charge in [-0.25, -0.2) is 12.7 Å². The maximum absolute atomic E-state index is 13.2. The molecule has 0 saturated heterocycles. The van der Waals surface area contributed by atoms with Crippen LogP contribution in [0.3, 0.4) is 0 Å². The molecule has 2 aromatic carbocycles. The molecule has 0 radical (unpaired) electrons. The molecule has 0 bridgehead atoms. The Kier molecular flexibility index (Phi) is 8.50. The summed E-state index contributed by atoms with van der Waals surface area (Å²) in [4.78, 5) is 39.9. The molecule has 35 heavy (non-hydrogen) atoms. The van der Waals surface area contributed by atoms with Crippen molar-refractivity contribution in [1.29, 1.82) is 0 Å². The van der Waals surface area contributed by atoms with Gasteiger partial charge in [-0.1, -0.05) is 31.2 Å². The minimum absolute atomic E-state index is 0.0165. The lowest BCUT2D eigenvalue weighted by Crippen LogP contribution is -2.47. The van der Waals surface area contributed by atoms with Crippen LogP contribution in [0.15, 0.2) is 53.4 Å². The van der Waals surface area contributed by atoms with Gasteiger partial charge in [0.1, 0.15) is 16.7 Å². The number of methoxy groups -OCH3 is 1. The van der Waals surface area contributed by atoms with Gasteiger partial charge in [-0.15, -0.1) is 0 Å². The van der Waals surface area contributed by atoms with Gasteiger partial charge in [0.15, 0.2) is 0 Å². The predicted molar refractivity (Wildman–Crippen MR) is 130 cm³/mol. The lowest BCUT2D eigenvalue weighted by Gasteiger charge is -2.29. The first-order chi connectivity index (χ1) is 16.7. The SMILES string of the molecule is CCCNC(=O)[C@@H](C)N(Cc1cccc(OC)c1)C(=O)CCCN1C(=O)c2ccccc2S1(=O)=O. The molecular weight excluding hydrogens is 470 g/mol. The van der Waals surface area contributed by atoms with Crippen LogP contribution in [0, 0.1) is 0 Å². The molecule has 0 saturated carbocycles. The van der Waals surface area contributed by atoms with E-state index in [1.807, 2.05) is 13.0 Å². The molecule has 1 N–H and O–H groups in total.